The molecule has 3 rings (SSSR count). The van der Waals surface area contributed by atoms with E-state index in [-0.39, 0.29) is 5.91 Å². The molecule has 0 aliphatic carbocycles. The first-order valence-electron chi connectivity index (χ1n) is 7.97. The number of hydrogen-bond acceptors (Lipinski definition) is 5. The van der Waals surface area contributed by atoms with E-state index in [0.717, 1.165) is 36.6 Å². The van der Waals surface area contributed by atoms with Gasteiger partial charge in [-0.2, -0.15) is 11.8 Å². The van der Waals surface area contributed by atoms with Crippen molar-refractivity contribution >= 4 is 40.8 Å². The van der Waals surface area contributed by atoms with E-state index >= 15 is 0 Å². The van der Waals surface area contributed by atoms with Gasteiger partial charge < -0.3 is 5.32 Å². The molecule has 0 spiro atoms. The molecule has 0 unspecified atom stereocenters. The number of benzene rings is 1. The summed E-state index contributed by atoms with van der Waals surface area (Å²) in [5.41, 5.74) is 5.76. The highest BCUT2D eigenvalue weighted by molar-refractivity contribution is 7.99. The molecule has 0 radical (unpaired) electrons. The zero-order valence-corrected chi connectivity index (χ0v) is 15.3. The minimum Gasteiger partial charge on any atom is -0.322 e. The van der Waals surface area contributed by atoms with Crippen molar-refractivity contribution < 1.29 is 4.79 Å². The van der Waals surface area contributed by atoms with Gasteiger partial charge in [-0.05, 0) is 30.2 Å². The fourth-order valence-corrected chi connectivity index (χ4v) is 4.06. The van der Waals surface area contributed by atoms with E-state index in [4.69, 9.17) is 0 Å². The van der Waals surface area contributed by atoms with Crippen LogP contribution in [0.2, 0.25) is 0 Å². The van der Waals surface area contributed by atoms with Gasteiger partial charge >= 0.3 is 0 Å². The summed E-state index contributed by atoms with van der Waals surface area (Å²) in [5, 5.41) is 4.89. The largest absolute Gasteiger partial charge is 0.322 e. The monoisotopic (exact) mass is 359 g/mol. The highest BCUT2D eigenvalue weighted by Gasteiger charge is 2.11. The van der Waals surface area contributed by atoms with E-state index in [9.17, 15) is 4.79 Å². The molecule has 1 fully saturated rings. The number of amides is 1. The van der Waals surface area contributed by atoms with E-state index in [1.807, 2.05) is 24.1 Å². The number of rotatable bonds is 5. The standard InChI is InChI=1S/C18H21N3OS2/c1-14-2-3-15(11-21-6-8-23-9-7-21)10-17(14)20-18(22)5-4-16-12-24-13-19-16/h2-5,10,12-13H,6-9,11H2,1H3,(H,20,22)/b5-4+. The summed E-state index contributed by atoms with van der Waals surface area (Å²) in [6.45, 7) is 5.23. The first kappa shape index (κ1) is 17.2. The van der Waals surface area contributed by atoms with Crippen molar-refractivity contribution in [2.75, 3.05) is 29.9 Å². The van der Waals surface area contributed by atoms with Crippen LogP contribution in [0.4, 0.5) is 5.69 Å². The van der Waals surface area contributed by atoms with Gasteiger partial charge in [0, 0.05) is 48.3 Å². The minimum absolute atomic E-state index is 0.127. The number of nitrogens with one attached hydrogen (secondary N) is 1. The third-order valence-electron chi connectivity index (χ3n) is 3.93. The molecule has 24 heavy (non-hydrogen) atoms. The first-order valence-corrected chi connectivity index (χ1v) is 10.1. The van der Waals surface area contributed by atoms with Crippen LogP contribution in [0.5, 0.6) is 0 Å². The summed E-state index contributed by atoms with van der Waals surface area (Å²) in [7, 11) is 0. The van der Waals surface area contributed by atoms with Crippen molar-refractivity contribution in [2.24, 2.45) is 0 Å². The van der Waals surface area contributed by atoms with Crippen LogP contribution in [0.3, 0.4) is 0 Å². The molecule has 2 aromatic rings. The Labute approximate surface area is 151 Å². The maximum absolute atomic E-state index is 12.1. The molecule has 0 saturated carbocycles. The van der Waals surface area contributed by atoms with Crippen LogP contribution in [0.1, 0.15) is 16.8 Å². The van der Waals surface area contributed by atoms with Gasteiger partial charge in [-0.1, -0.05) is 12.1 Å². The average molecular weight is 360 g/mol. The van der Waals surface area contributed by atoms with Crippen molar-refractivity contribution in [1.82, 2.24) is 9.88 Å². The minimum atomic E-state index is -0.127. The lowest BCUT2D eigenvalue weighted by Gasteiger charge is -2.26. The van der Waals surface area contributed by atoms with Crippen molar-refractivity contribution in [3.8, 4) is 0 Å². The second kappa shape index (κ2) is 8.46. The van der Waals surface area contributed by atoms with Gasteiger partial charge in [0.15, 0.2) is 0 Å². The van der Waals surface area contributed by atoms with Gasteiger partial charge in [0.05, 0.1) is 11.2 Å². The molecular formula is C18H21N3OS2. The van der Waals surface area contributed by atoms with Crippen LogP contribution in [0, 0.1) is 6.92 Å². The topological polar surface area (TPSA) is 45.2 Å². The summed E-state index contributed by atoms with van der Waals surface area (Å²) in [4.78, 5) is 18.7. The van der Waals surface area contributed by atoms with Gasteiger partial charge in [-0.15, -0.1) is 11.3 Å². The number of aryl methyl sites for hydroxylation is 1. The molecule has 0 bridgehead atoms. The zero-order chi connectivity index (χ0) is 16.8. The van der Waals surface area contributed by atoms with E-state index in [1.165, 1.54) is 34.5 Å². The number of hydrogen-bond donors (Lipinski definition) is 1. The summed E-state index contributed by atoms with van der Waals surface area (Å²) in [6, 6.07) is 6.32. The van der Waals surface area contributed by atoms with E-state index < -0.39 is 0 Å². The lowest BCUT2D eigenvalue weighted by molar-refractivity contribution is -0.111. The second-order valence-corrected chi connectivity index (χ2v) is 7.72. The summed E-state index contributed by atoms with van der Waals surface area (Å²) < 4.78 is 0. The first-order chi connectivity index (χ1) is 11.7. The number of carbonyl (C=O) groups is 1. The summed E-state index contributed by atoms with van der Waals surface area (Å²) >= 11 is 3.53. The summed E-state index contributed by atoms with van der Waals surface area (Å²) in [6.07, 6.45) is 3.26. The van der Waals surface area contributed by atoms with Crippen molar-refractivity contribution in [1.29, 1.82) is 0 Å². The maximum Gasteiger partial charge on any atom is 0.248 e. The zero-order valence-electron chi connectivity index (χ0n) is 13.7. The molecule has 4 nitrogen and oxygen atoms in total. The normalized spacial score (nSPS) is 15.7. The predicted molar refractivity (Wildman–Crippen MR) is 104 cm³/mol. The molecule has 1 aliphatic rings. The van der Waals surface area contributed by atoms with E-state index in [2.05, 4.69) is 33.4 Å². The van der Waals surface area contributed by atoms with Crippen molar-refractivity contribution in [2.45, 2.75) is 13.5 Å². The Hall–Kier alpha value is -1.63. The number of nitrogens with zero attached hydrogens (tertiary/aromatic N) is 2. The Kier molecular flexibility index (Phi) is 6.07. The van der Waals surface area contributed by atoms with Crippen LogP contribution >= 0.6 is 23.1 Å². The molecule has 1 amide bonds. The van der Waals surface area contributed by atoms with Gasteiger partial charge in [0.1, 0.15) is 0 Å². The molecular weight excluding hydrogens is 338 g/mol. The Morgan fingerprint density at radius 3 is 2.96 bits per heavy atom. The van der Waals surface area contributed by atoms with Crippen molar-refractivity contribution in [3.63, 3.8) is 0 Å². The van der Waals surface area contributed by atoms with E-state index in [0.29, 0.717) is 0 Å². The fourth-order valence-electron chi connectivity index (χ4n) is 2.56. The molecule has 1 aliphatic heterocycles. The Balaban J connectivity index is 1.63. The van der Waals surface area contributed by atoms with Gasteiger partial charge in [-0.3, -0.25) is 9.69 Å². The fraction of sp³-hybridized carbons (Fsp3) is 0.333. The molecule has 6 heteroatoms. The van der Waals surface area contributed by atoms with Crippen LogP contribution < -0.4 is 5.32 Å². The van der Waals surface area contributed by atoms with Crippen LogP contribution in [-0.4, -0.2) is 40.4 Å². The van der Waals surface area contributed by atoms with Crippen LogP contribution in [0.15, 0.2) is 35.2 Å². The number of carbonyl (C=O) groups excluding carboxylic acids is 1. The predicted octanol–water partition coefficient (Wildman–Crippen LogP) is 3.65. The van der Waals surface area contributed by atoms with Gasteiger partial charge in [-0.25, -0.2) is 4.98 Å². The lowest BCUT2D eigenvalue weighted by Crippen LogP contribution is -2.31. The van der Waals surface area contributed by atoms with Crippen LogP contribution in [-0.2, 0) is 11.3 Å². The molecule has 126 valence electrons. The Morgan fingerprint density at radius 1 is 1.38 bits per heavy atom. The maximum atomic E-state index is 12.1. The number of anilines is 1. The molecule has 0 atom stereocenters. The quantitative estimate of drug-likeness (QED) is 0.828. The Bertz CT molecular complexity index is 707. The van der Waals surface area contributed by atoms with Gasteiger partial charge in [0.25, 0.3) is 0 Å². The summed E-state index contributed by atoms with van der Waals surface area (Å²) in [5.74, 6) is 2.28. The molecule has 1 aromatic carbocycles. The number of aromatic nitrogens is 1. The highest BCUT2D eigenvalue weighted by Crippen LogP contribution is 2.20. The van der Waals surface area contributed by atoms with Gasteiger partial charge in [0.2, 0.25) is 5.91 Å². The third kappa shape index (κ3) is 4.93. The molecule has 1 saturated heterocycles. The third-order valence-corrected chi connectivity index (χ3v) is 5.47. The second-order valence-electron chi connectivity index (χ2n) is 5.77. The van der Waals surface area contributed by atoms with Crippen molar-refractivity contribution in [3.05, 3.63) is 52.0 Å². The molecule has 1 aromatic heterocycles. The van der Waals surface area contributed by atoms with E-state index in [1.54, 1.807) is 11.6 Å². The average Bonchev–Trinajstić information content (AvgIpc) is 3.11. The number of thiazole rings is 1. The smallest absolute Gasteiger partial charge is 0.248 e. The molecule has 2 heterocycles. The Morgan fingerprint density at radius 2 is 2.21 bits per heavy atom. The number of thioether (sulfide) groups is 1. The van der Waals surface area contributed by atoms with Crippen LogP contribution in [0.25, 0.3) is 6.08 Å². The lowest BCUT2D eigenvalue weighted by atomic mass is 10.1. The SMILES string of the molecule is Cc1ccc(CN2CCSCC2)cc1NC(=O)/C=C/c1cscn1. The highest BCUT2D eigenvalue weighted by atomic mass is 32.2. The molecule has 1 N–H and O–H groups in total.